The van der Waals surface area contributed by atoms with Crippen LogP contribution in [-0.2, 0) is 24.1 Å². The molecule has 2 aliphatic rings. The average Bonchev–Trinajstić information content (AvgIpc) is 3.34. The quantitative estimate of drug-likeness (QED) is 0.650. The molecule has 0 atom stereocenters. The minimum Gasteiger partial charge on any atom is -0.356 e. The lowest BCUT2D eigenvalue weighted by Gasteiger charge is -2.33. The van der Waals surface area contributed by atoms with Gasteiger partial charge < -0.3 is 10.2 Å². The molecule has 0 spiro atoms. The maximum absolute atomic E-state index is 12.7. The van der Waals surface area contributed by atoms with Crippen LogP contribution in [0.3, 0.4) is 0 Å². The summed E-state index contributed by atoms with van der Waals surface area (Å²) in [6, 6.07) is 10.2. The fourth-order valence-electron chi connectivity index (χ4n) is 4.66. The van der Waals surface area contributed by atoms with Gasteiger partial charge >= 0.3 is 0 Å². The second-order valence-corrected chi connectivity index (χ2v) is 8.51. The van der Waals surface area contributed by atoms with Gasteiger partial charge in [-0.1, -0.05) is 30.3 Å². The molecular formula is C25H28N6O. The van der Waals surface area contributed by atoms with Gasteiger partial charge in [0.2, 0.25) is 5.91 Å². The van der Waals surface area contributed by atoms with E-state index in [1.54, 1.807) is 18.6 Å². The molecule has 2 aromatic heterocycles. The average molecular weight is 429 g/mol. The molecule has 164 valence electrons. The summed E-state index contributed by atoms with van der Waals surface area (Å²) in [5, 5.41) is 3.08. The number of nitrogens with one attached hydrogen (secondary N) is 1. The molecule has 1 aromatic carbocycles. The predicted molar refractivity (Wildman–Crippen MR) is 123 cm³/mol. The van der Waals surface area contributed by atoms with Gasteiger partial charge in [-0.3, -0.25) is 14.8 Å². The van der Waals surface area contributed by atoms with E-state index in [1.165, 1.54) is 11.3 Å². The fraction of sp³-hybridized carbons (Fsp3) is 0.400. The normalized spacial score (nSPS) is 16.1. The van der Waals surface area contributed by atoms with Crippen LogP contribution in [0.4, 0.5) is 5.82 Å². The highest BCUT2D eigenvalue weighted by molar-refractivity contribution is 5.79. The number of fused-ring (bicyclic) bond motifs is 1. The number of carbonyl (C=O) groups excluding carboxylic acids is 1. The van der Waals surface area contributed by atoms with Crippen molar-refractivity contribution in [2.24, 2.45) is 5.92 Å². The van der Waals surface area contributed by atoms with Gasteiger partial charge in [-0.15, -0.1) is 0 Å². The van der Waals surface area contributed by atoms with E-state index in [2.05, 4.69) is 32.3 Å². The molecule has 1 aliphatic heterocycles. The number of amides is 1. The highest BCUT2D eigenvalue weighted by Gasteiger charge is 2.29. The van der Waals surface area contributed by atoms with E-state index in [-0.39, 0.29) is 11.8 Å². The molecule has 32 heavy (non-hydrogen) atoms. The van der Waals surface area contributed by atoms with Crippen LogP contribution in [0.25, 0.3) is 11.4 Å². The van der Waals surface area contributed by atoms with Crippen LogP contribution >= 0.6 is 0 Å². The number of benzene rings is 1. The highest BCUT2D eigenvalue weighted by Crippen LogP contribution is 2.33. The summed E-state index contributed by atoms with van der Waals surface area (Å²) >= 11 is 0. The van der Waals surface area contributed by atoms with Crippen molar-refractivity contribution < 1.29 is 4.79 Å². The van der Waals surface area contributed by atoms with E-state index in [4.69, 9.17) is 9.97 Å². The maximum Gasteiger partial charge on any atom is 0.223 e. The van der Waals surface area contributed by atoms with Crippen LogP contribution < -0.4 is 10.2 Å². The van der Waals surface area contributed by atoms with Crippen molar-refractivity contribution in [3.05, 3.63) is 65.9 Å². The number of carbonyl (C=O) groups is 1. The Kier molecular flexibility index (Phi) is 6.05. The first-order chi connectivity index (χ1) is 15.8. The monoisotopic (exact) mass is 428 g/mol. The number of hydrogen-bond donors (Lipinski definition) is 1. The molecule has 5 rings (SSSR count). The molecule has 1 amide bonds. The van der Waals surface area contributed by atoms with Gasteiger partial charge in [0.1, 0.15) is 5.82 Å². The van der Waals surface area contributed by atoms with Crippen molar-refractivity contribution in [3.63, 3.8) is 0 Å². The lowest BCUT2D eigenvalue weighted by atomic mass is 9.95. The minimum atomic E-state index is 0.0524. The van der Waals surface area contributed by atoms with Crippen molar-refractivity contribution in [2.75, 3.05) is 24.5 Å². The van der Waals surface area contributed by atoms with Crippen molar-refractivity contribution in [3.8, 4) is 11.4 Å². The predicted octanol–water partition coefficient (Wildman–Crippen LogP) is 3.00. The molecule has 0 unspecified atom stereocenters. The van der Waals surface area contributed by atoms with Crippen LogP contribution in [0.15, 0.2) is 48.9 Å². The summed E-state index contributed by atoms with van der Waals surface area (Å²) in [5.41, 5.74) is 4.45. The summed E-state index contributed by atoms with van der Waals surface area (Å²) in [6.45, 7) is 2.29. The third kappa shape index (κ3) is 4.47. The van der Waals surface area contributed by atoms with Crippen LogP contribution in [0, 0.1) is 5.92 Å². The fourth-order valence-corrected chi connectivity index (χ4v) is 4.66. The lowest BCUT2D eigenvalue weighted by molar-refractivity contribution is -0.125. The van der Waals surface area contributed by atoms with E-state index >= 15 is 0 Å². The Balaban J connectivity index is 1.22. The Labute approximate surface area is 188 Å². The van der Waals surface area contributed by atoms with Gasteiger partial charge in [-0.05, 0) is 32.1 Å². The number of rotatable bonds is 6. The molecule has 1 aliphatic carbocycles. The van der Waals surface area contributed by atoms with Crippen molar-refractivity contribution in [2.45, 2.75) is 38.5 Å². The Bertz CT molecular complexity index is 1060. The van der Waals surface area contributed by atoms with Crippen LogP contribution in [0.5, 0.6) is 0 Å². The first kappa shape index (κ1) is 20.5. The zero-order valence-electron chi connectivity index (χ0n) is 18.2. The molecule has 7 heteroatoms. The van der Waals surface area contributed by atoms with Gasteiger partial charge in [0, 0.05) is 67.4 Å². The Morgan fingerprint density at radius 1 is 1.06 bits per heavy atom. The van der Waals surface area contributed by atoms with Gasteiger partial charge in [-0.2, -0.15) is 0 Å². The van der Waals surface area contributed by atoms with E-state index in [1.807, 2.05) is 18.2 Å². The standard InChI is InChI=1S/C25H28N6O/c32-25(28-12-9-20-17-26-13-14-27-20)19-10-15-31(16-11-19)24-21-7-4-8-22(21)29-23(30-24)18-5-2-1-3-6-18/h1-3,5-6,13-14,17,19H,4,7-12,15-16H2,(H,28,32). The van der Waals surface area contributed by atoms with Crippen molar-refractivity contribution >= 4 is 11.7 Å². The lowest BCUT2D eigenvalue weighted by Crippen LogP contribution is -2.41. The molecule has 0 saturated carbocycles. The molecule has 3 heterocycles. The second kappa shape index (κ2) is 9.42. The number of piperidine rings is 1. The summed E-state index contributed by atoms with van der Waals surface area (Å²) in [7, 11) is 0. The molecule has 0 radical (unpaired) electrons. The second-order valence-electron chi connectivity index (χ2n) is 8.51. The van der Waals surface area contributed by atoms with Gasteiger partial charge in [0.05, 0.1) is 5.69 Å². The Hall–Kier alpha value is -3.35. The van der Waals surface area contributed by atoms with Crippen LogP contribution in [0.1, 0.15) is 36.2 Å². The maximum atomic E-state index is 12.7. The SMILES string of the molecule is O=C(NCCc1cnccn1)C1CCN(c2nc(-c3ccccc3)nc3c2CCC3)CC1. The van der Waals surface area contributed by atoms with Crippen molar-refractivity contribution in [1.29, 1.82) is 0 Å². The molecule has 0 bridgehead atoms. The number of anilines is 1. The smallest absolute Gasteiger partial charge is 0.223 e. The number of aryl methyl sites for hydroxylation is 1. The Morgan fingerprint density at radius 2 is 1.91 bits per heavy atom. The molecular weight excluding hydrogens is 400 g/mol. The molecule has 3 aromatic rings. The van der Waals surface area contributed by atoms with E-state index in [0.717, 1.165) is 68.1 Å². The third-order valence-corrected chi connectivity index (χ3v) is 6.41. The van der Waals surface area contributed by atoms with E-state index < -0.39 is 0 Å². The highest BCUT2D eigenvalue weighted by atomic mass is 16.1. The topological polar surface area (TPSA) is 83.9 Å². The first-order valence-corrected chi connectivity index (χ1v) is 11.5. The molecule has 1 saturated heterocycles. The Morgan fingerprint density at radius 3 is 2.69 bits per heavy atom. The summed E-state index contributed by atoms with van der Waals surface area (Å²) < 4.78 is 0. The van der Waals surface area contributed by atoms with Gasteiger partial charge in [0.15, 0.2) is 5.82 Å². The minimum absolute atomic E-state index is 0.0524. The van der Waals surface area contributed by atoms with E-state index in [0.29, 0.717) is 13.0 Å². The summed E-state index contributed by atoms with van der Waals surface area (Å²) in [5.74, 6) is 2.08. The number of nitrogens with zero attached hydrogens (tertiary/aromatic N) is 5. The zero-order valence-corrected chi connectivity index (χ0v) is 18.2. The van der Waals surface area contributed by atoms with Crippen molar-refractivity contribution in [1.82, 2.24) is 25.3 Å². The molecule has 7 nitrogen and oxygen atoms in total. The van der Waals surface area contributed by atoms with E-state index in [9.17, 15) is 4.79 Å². The molecule has 1 N–H and O–H groups in total. The number of hydrogen-bond acceptors (Lipinski definition) is 6. The zero-order chi connectivity index (χ0) is 21.8. The third-order valence-electron chi connectivity index (χ3n) is 6.41. The number of aromatic nitrogens is 4. The summed E-state index contributed by atoms with van der Waals surface area (Å²) in [6.07, 6.45) is 10.7. The van der Waals surface area contributed by atoms with Crippen LogP contribution in [-0.4, -0.2) is 45.5 Å². The largest absolute Gasteiger partial charge is 0.356 e. The first-order valence-electron chi connectivity index (χ1n) is 11.5. The molecule has 1 fully saturated rings. The summed E-state index contributed by atoms with van der Waals surface area (Å²) in [4.78, 5) is 33.2. The van der Waals surface area contributed by atoms with Gasteiger partial charge in [0.25, 0.3) is 0 Å². The van der Waals surface area contributed by atoms with Gasteiger partial charge in [-0.25, -0.2) is 9.97 Å². The van der Waals surface area contributed by atoms with Crippen LogP contribution in [0.2, 0.25) is 0 Å².